The second-order valence-corrected chi connectivity index (χ2v) is 3.67. The Balaban J connectivity index is 4.49. The van der Waals surface area contributed by atoms with Crippen LogP contribution in [-0.2, 0) is 41.1 Å². The van der Waals surface area contributed by atoms with Gasteiger partial charge in [-0.3, -0.25) is 0 Å². The predicted molar refractivity (Wildman–Crippen MR) is 34.0 cm³/mol. The molecule has 0 rings (SSSR count). The number of hydrogen-bond acceptors (Lipinski definition) is 1. The van der Waals surface area contributed by atoms with Crippen molar-refractivity contribution >= 4 is 14.5 Å². The molecule has 4 heteroatoms. The van der Waals surface area contributed by atoms with Gasteiger partial charge in [-0.25, -0.2) is 0 Å². The van der Waals surface area contributed by atoms with Crippen LogP contribution < -0.4 is 5.73 Å². The number of nitrogens with two attached hydrogens (primary N) is 1. The summed E-state index contributed by atoms with van der Waals surface area (Å²) in [6.07, 6.45) is 1.76. The van der Waals surface area contributed by atoms with E-state index in [1.54, 1.807) is 10.5 Å². The van der Waals surface area contributed by atoms with Gasteiger partial charge in [0.15, 0.2) is 0 Å². The Kier molecular flexibility index (Phi) is 5.06. The van der Waals surface area contributed by atoms with Gasteiger partial charge in [-0.05, 0) is 0 Å². The normalized spacial score (nSPS) is 10.6. The van der Waals surface area contributed by atoms with Crippen molar-refractivity contribution in [3.63, 3.8) is 0 Å². The summed E-state index contributed by atoms with van der Waals surface area (Å²) in [5, 5.41) is 0. The van der Waals surface area contributed by atoms with Crippen molar-refractivity contribution in [2.24, 2.45) is 5.73 Å². The van der Waals surface area contributed by atoms with Gasteiger partial charge in [0.05, 0.1) is 0 Å². The van der Waals surface area contributed by atoms with Crippen LogP contribution in [0.3, 0.4) is 0 Å². The van der Waals surface area contributed by atoms with Gasteiger partial charge < -0.3 is 0 Å². The molecular formula is C6H7NOVW. The fourth-order valence-electron chi connectivity index (χ4n) is 0.388. The molecule has 0 atom stereocenters. The third-order valence-electron chi connectivity index (χ3n) is 0.776. The summed E-state index contributed by atoms with van der Waals surface area (Å²) in [6, 6.07) is 0. The second kappa shape index (κ2) is 4.95. The molecule has 0 fully saturated rings. The maximum absolute atomic E-state index is 10.6. The molecule has 0 aromatic rings. The Labute approximate surface area is 79.8 Å². The molecule has 0 heterocycles. The van der Waals surface area contributed by atoms with E-state index in [9.17, 15) is 4.79 Å². The molecule has 0 spiro atoms. The van der Waals surface area contributed by atoms with Crippen LogP contribution in [0.2, 0.25) is 0 Å². The molecule has 1 amide bonds. The molecule has 0 saturated carbocycles. The van der Waals surface area contributed by atoms with Crippen molar-refractivity contribution in [2.75, 3.05) is 0 Å². The van der Waals surface area contributed by atoms with Crippen molar-refractivity contribution < 1.29 is 41.1 Å². The van der Waals surface area contributed by atoms with Crippen LogP contribution in [0.25, 0.3) is 0 Å². The van der Waals surface area contributed by atoms with E-state index in [0.29, 0.717) is 5.57 Å². The minimum atomic E-state index is -0.361. The predicted octanol–water partition coefficient (Wildman–Crippen LogP) is -0.514. The van der Waals surface area contributed by atoms with Gasteiger partial charge >= 0.3 is 80.0 Å². The number of allylic oxidation sites excluding steroid dienone is 1. The average molecular weight is 344 g/mol. The van der Waals surface area contributed by atoms with E-state index < -0.39 is 0 Å². The Morgan fingerprint density at radius 3 is 2.30 bits per heavy atom. The van der Waals surface area contributed by atoms with Crippen molar-refractivity contribution in [1.29, 1.82) is 0 Å². The second-order valence-electron chi connectivity index (χ2n) is 1.72. The summed E-state index contributed by atoms with van der Waals surface area (Å²) in [4.78, 5) is 10.6. The van der Waals surface area contributed by atoms with E-state index >= 15 is 0 Å². The zero-order chi connectivity index (χ0) is 8.15. The summed E-state index contributed by atoms with van der Waals surface area (Å²) in [5.41, 5.74) is 5.64. The standard InChI is InChI=1S/C6H7NO.V.W/c1-3-4-5(2)6(7)8;;/h2,4H,1H3,(H2,7,8);;. The van der Waals surface area contributed by atoms with Gasteiger partial charge in [-0.15, -0.1) is 0 Å². The van der Waals surface area contributed by atoms with Gasteiger partial charge in [0.25, 0.3) is 0 Å². The molecule has 0 aliphatic heterocycles. The first-order chi connectivity index (χ1) is 4.57. The number of primary amides is 1. The van der Waals surface area contributed by atoms with Crippen molar-refractivity contribution in [1.82, 2.24) is 0 Å². The summed E-state index contributed by atoms with van der Waals surface area (Å²) in [5.74, 6) is -0.361. The van der Waals surface area contributed by atoms with E-state index in [2.05, 4.69) is 17.0 Å². The molecule has 0 bridgehead atoms. The van der Waals surface area contributed by atoms with Gasteiger partial charge in [-0.1, -0.05) is 0 Å². The molecule has 53 valence electrons. The molecule has 0 aliphatic carbocycles. The van der Waals surface area contributed by atoms with Crippen LogP contribution in [0.5, 0.6) is 0 Å². The van der Waals surface area contributed by atoms with Gasteiger partial charge in [0.2, 0.25) is 0 Å². The Morgan fingerprint density at radius 2 is 2.20 bits per heavy atom. The van der Waals surface area contributed by atoms with Crippen LogP contribution >= 0.6 is 0 Å². The SMILES string of the molecule is C[C](=[V])C=C([CH]=[W])C(N)=O. The van der Waals surface area contributed by atoms with Crippen molar-refractivity contribution in [3.8, 4) is 0 Å². The van der Waals surface area contributed by atoms with E-state index in [1.165, 1.54) is 19.4 Å². The Morgan fingerprint density at radius 1 is 1.70 bits per heavy atom. The summed E-state index contributed by atoms with van der Waals surface area (Å²) < 4.78 is 2.80. The van der Waals surface area contributed by atoms with Gasteiger partial charge in [0.1, 0.15) is 0 Å². The molecule has 2 nitrogen and oxygen atoms in total. The van der Waals surface area contributed by atoms with E-state index in [4.69, 9.17) is 5.73 Å². The fourth-order valence-corrected chi connectivity index (χ4v) is 1.27. The van der Waals surface area contributed by atoms with Crippen molar-refractivity contribution in [2.45, 2.75) is 6.92 Å². The van der Waals surface area contributed by atoms with Crippen LogP contribution in [0.15, 0.2) is 11.6 Å². The number of carbonyl (C=O) groups is 1. The van der Waals surface area contributed by atoms with Crippen LogP contribution in [0.1, 0.15) is 6.92 Å². The Bertz CT molecular complexity index is 210. The molecule has 0 aliphatic rings. The Hall–Kier alpha value is 0.223. The summed E-state index contributed by atoms with van der Waals surface area (Å²) >= 11 is 3.59. The number of amides is 1. The van der Waals surface area contributed by atoms with Gasteiger partial charge in [-0.2, -0.15) is 0 Å². The zero-order valence-electron chi connectivity index (χ0n) is 5.50. The van der Waals surface area contributed by atoms with Crippen LogP contribution in [0.4, 0.5) is 0 Å². The quantitative estimate of drug-likeness (QED) is 0.689. The van der Waals surface area contributed by atoms with E-state index in [-0.39, 0.29) is 5.91 Å². The molecule has 0 aromatic carbocycles. The maximum atomic E-state index is 10.6. The monoisotopic (exact) mass is 344 g/mol. The molecule has 0 aromatic heterocycles. The molecule has 0 saturated heterocycles. The van der Waals surface area contributed by atoms with Crippen molar-refractivity contribution in [3.05, 3.63) is 11.6 Å². The molecule has 10 heavy (non-hydrogen) atoms. The third-order valence-corrected chi connectivity index (χ3v) is 1.89. The van der Waals surface area contributed by atoms with Crippen LogP contribution in [-0.4, -0.2) is 14.5 Å². The first kappa shape index (κ1) is 10.2. The molecular weight excluding hydrogens is 337 g/mol. The van der Waals surface area contributed by atoms with E-state index in [0.717, 1.165) is 4.23 Å². The first-order valence-corrected chi connectivity index (χ1v) is 4.96. The minimum absolute atomic E-state index is 0.361. The van der Waals surface area contributed by atoms with E-state index in [1.807, 2.05) is 6.92 Å². The summed E-state index contributed by atoms with van der Waals surface area (Å²) in [6.45, 7) is 1.90. The first-order valence-electron chi connectivity index (χ1n) is 2.57. The number of rotatable bonds is 3. The molecule has 0 radical (unpaired) electrons. The zero-order valence-corrected chi connectivity index (χ0v) is 9.83. The molecule has 0 unspecified atom stereocenters. The topological polar surface area (TPSA) is 43.1 Å². The number of hydrogen-bond donors (Lipinski definition) is 1. The third kappa shape index (κ3) is 4.10. The average Bonchev–Trinajstić information content (AvgIpc) is 1.81. The van der Waals surface area contributed by atoms with Crippen LogP contribution in [0, 0.1) is 0 Å². The number of carbonyl (C=O) groups excluding carboxylic acids is 1. The summed E-state index contributed by atoms with van der Waals surface area (Å²) in [7, 11) is 0. The fraction of sp³-hybridized carbons (Fsp3) is 0.167. The van der Waals surface area contributed by atoms with Gasteiger partial charge in [0, 0.05) is 0 Å². The molecule has 2 N–H and O–H groups in total.